The minimum atomic E-state index is -0.343. The van der Waals surface area contributed by atoms with Crippen molar-refractivity contribution in [1.29, 1.82) is 0 Å². The van der Waals surface area contributed by atoms with Gasteiger partial charge in [-0.3, -0.25) is 4.79 Å². The van der Waals surface area contributed by atoms with E-state index in [1.54, 1.807) is 30.3 Å². The molecule has 0 bridgehead atoms. The summed E-state index contributed by atoms with van der Waals surface area (Å²) in [6.07, 6.45) is 0. The van der Waals surface area contributed by atoms with Crippen LogP contribution in [0.25, 0.3) is 22.2 Å². The van der Waals surface area contributed by atoms with Crippen LogP contribution in [-0.2, 0) is 0 Å². The smallest absolute Gasteiger partial charge is 0.203 e. The van der Waals surface area contributed by atoms with Crippen LogP contribution in [0.2, 0.25) is 0 Å². The molecule has 5 heteroatoms. The molecule has 26 heavy (non-hydrogen) atoms. The summed E-state index contributed by atoms with van der Waals surface area (Å²) in [5.41, 5.74) is 1.91. The van der Waals surface area contributed by atoms with Gasteiger partial charge in [-0.05, 0) is 66.2 Å². The highest BCUT2D eigenvalue weighted by Crippen LogP contribution is 2.34. The Morgan fingerprint density at radius 2 is 1.38 bits per heavy atom. The van der Waals surface area contributed by atoms with Crippen LogP contribution >= 0.6 is 11.8 Å². The summed E-state index contributed by atoms with van der Waals surface area (Å²) in [6, 6.07) is 19.2. The zero-order valence-corrected chi connectivity index (χ0v) is 14.3. The van der Waals surface area contributed by atoms with Gasteiger partial charge in [-0.15, -0.1) is 0 Å². The molecular weight excluding hydrogens is 352 g/mol. The molecule has 3 aromatic carbocycles. The fourth-order valence-electron chi connectivity index (χ4n) is 2.76. The van der Waals surface area contributed by atoms with E-state index < -0.39 is 0 Å². The van der Waals surface area contributed by atoms with Crippen molar-refractivity contribution in [2.24, 2.45) is 0 Å². The number of H-pyrrole nitrogens is 1. The van der Waals surface area contributed by atoms with Gasteiger partial charge in [-0.25, -0.2) is 8.78 Å². The Kier molecular flexibility index (Phi) is 4.31. The van der Waals surface area contributed by atoms with Crippen LogP contribution in [-0.4, -0.2) is 4.98 Å². The molecule has 4 rings (SSSR count). The first kappa shape index (κ1) is 16.5. The van der Waals surface area contributed by atoms with Crippen molar-refractivity contribution in [2.75, 3.05) is 0 Å². The maximum atomic E-state index is 13.3. The normalized spacial score (nSPS) is 11.0. The number of halogens is 2. The van der Waals surface area contributed by atoms with E-state index in [-0.39, 0.29) is 17.1 Å². The molecule has 0 aliphatic rings. The fraction of sp³-hybridized carbons (Fsp3) is 0. The summed E-state index contributed by atoms with van der Waals surface area (Å²) in [6.45, 7) is 0. The van der Waals surface area contributed by atoms with Gasteiger partial charge >= 0.3 is 0 Å². The first-order chi connectivity index (χ1) is 12.6. The van der Waals surface area contributed by atoms with Gasteiger partial charge in [0.15, 0.2) is 0 Å². The van der Waals surface area contributed by atoms with Gasteiger partial charge in [0.1, 0.15) is 11.6 Å². The van der Waals surface area contributed by atoms with Crippen LogP contribution in [0.15, 0.2) is 87.4 Å². The second kappa shape index (κ2) is 6.77. The summed E-state index contributed by atoms with van der Waals surface area (Å²) < 4.78 is 26.5. The molecule has 1 aromatic heterocycles. The lowest BCUT2D eigenvalue weighted by Crippen LogP contribution is -2.08. The van der Waals surface area contributed by atoms with Crippen molar-refractivity contribution in [3.8, 4) is 11.3 Å². The Labute approximate surface area is 152 Å². The maximum absolute atomic E-state index is 13.3. The van der Waals surface area contributed by atoms with E-state index in [2.05, 4.69) is 4.98 Å². The molecule has 4 aromatic rings. The molecule has 1 heterocycles. The third-order valence-electron chi connectivity index (χ3n) is 4.03. The molecule has 0 unspecified atom stereocenters. The highest BCUT2D eigenvalue weighted by atomic mass is 32.2. The molecule has 0 atom stereocenters. The average molecular weight is 365 g/mol. The van der Waals surface area contributed by atoms with E-state index in [1.807, 2.05) is 18.2 Å². The molecule has 2 nitrogen and oxygen atoms in total. The number of para-hydroxylation sites is 1. The summed E-state index contributed by atoms with van der Waals surface area (Å²) in [4.78, 5) is 17.6. The predicted octanol–water partition coefficient (Wildman–Crippen LogP) is 5.62. The molecule has 0 saturated heterocycles. The quantitative estimate of drug-likeness (QED) is 0.511. The Balaban J connectivity index is 1.94. The molecule has 0 aliphatic heterocycles. The van der Waals surface area contributed by atoms with Gasteiger partial charge in [0.25, 0.3) is 0 Å². The summed E-state index contributed by atoms with van der Waals surface area (Å²) in [5, 5.41) is 0.572. The molecule has 0 aliphatic carbocycles. The number of hydrogen-bond donors (Lipinski definition) is 1. The van der Waals surface area contributed by atoms with E-state index in [1.165, 1.54) is 36.0 Å². The van der Waals surface area contributed by atoms with Crippen LogP contribution in [0.5, 0.6) is 0 Å². The van der Waals surface area contributed by atoms with E-state index >= 15 is 0 Å². The molecule has 0 spiro atoms. The Morgan fingerprint density at radius 1 is 0.769 bits per heavy atom. The molecule has 0 fully saturated rings. The van der Waals surface area contributed by atoms with Gasteiger partial charge in [-0.1, -0.05) is 23.9 Å². The number of rotatable bonds is 3. The van der Waals surface area contributed by atoms with Crippen molar-refractivity contribution in [3.05, 3.63) is 94.7 Å². The highest BCUT2D eigenvalue weighted by molar-refractivity contribution is 7.99. The predicted molar refractivity (Wildman–Crippen MR) is 100 cm³/mol. The third-order valence-corrected chi connectivity index (χ3v) is 5.13. The lowest BCUT2D eigenvalue weighted by Gasteiger charge is -2.11. The number of hydrogen-bond acceptors (Lipinski definition) is 2. The van der Waals surface area contributed by atoms with Gasteiger partial charge in [0.05, 0.1) is 10.6 Å². The summed E-state index contributed by atoms with van der Waals surface area (Å²) in [7, 11) is 0. The fourth-order valence-corrected chi connectivity index (χ4v) is 3.74. The number of benzene rings is 3. The van der Waals surface area contributed by atoms with E-state index in [0.29, 0.717) is 27.1 Å². The molecule has 0 saturated carbocycles. The molecular formula is C21H13F2NOS. The molecule has 0 amide bonds. The van der Waals surface area contributed by atoms with Gasteiger partial charge in [0, 0.05) is 15.8 Å². The standard InChI is InChI=1S/C21H13F2NOS/c22-14-7-5-13(6-8-14)19-21(26-16-11-9-15(23)10-12-16)20(25)17-3-1-2-4-18(17)24-19/h1-12H,(H,24,25). The number of fused-ring (bicyclic) bond motifs is 1. The Morgan fingerprint density at radius 3 is 2.08 bits per heavy atom. The second-order valence-electron chi connectivity index (χ2n) is 5.77. The lowest BCUT2D eigenvalue weighted by atomic mass is 10.1. The van der Waals surface area contributed by atoms with Gasteiger partial charge < -0.3 is 4.98 Å². The van der Waals surface area contributed by atoms with E-state index in [4.69, 9.17) is 0 Å². The van der Waals surface area contributed by atoms with Crippen LogP contribution in [0, 0.1) is 11.6 Å². The van der Waals surface area contributed by atoms with Crippen molar-refractivity contribution in [2.45, 2.75) is 9.79 Å². The van der Waals surface area contributed by atoms with Crippen LogP contribution in [0.3, 0.4) is 0 Å². The first-order valence-corrected chi connectivity index (χ1v) is 8.78. The van der Waals surface area contributed by atoms with Crippen LogP contribution in [0.4, 0.5) is 8.78 Å². The van der Waals surface area contributed by atoms with Crippen LogP contribution in [0.1, 0.15) is 0 Å². The largest absolute Gasteiger partial charge is 0.353 e. The molecule has 1 N–H and O–H groups in total. The Bertz CT molecular complexity index is 1140. The zero-order valence-electron chi connectivity index (χ0n) is 13.5. The van der Waals surface area contributed by atoms with Crippen molar-refractivity contribution in [1.82, 2.24) is 4.98 Å². The SMILES string of the molecule is O=c1c(Sc2ccc(F)cc2)c(-c2ccc(F)cc2)[nH]c2ccccc12. The number of nitrogens with one attached hydrogen (secondary N) is 1. The minimum Gasteiger partial charge on any atom is -0.353 e. The topological polar surface area (TPSA) is 32.9 Å². The third kappa shape index (κ3) is 3.13. The van der Waals surface area contributed by atoms with E-state index in [0.717, 1.165) is 4.90 Å². The molecule has 128 valence electrons. The average Bonchev–Trinajstić information content (AvgIpc) is 2.66. The lowest BCUT2D eigenvalue weighted by molar-refractivity contribution is 0.626. The number of pyridine rings is 1. The van der Waals surface area contributed by atoms with Crippen molar-refractivity contribution >= 4 is 22.7 Å². The second-order valence-corrected chi connectivity index (χ2v) is 6.85. The summed E-state index contributed by atoms with van der Waals surface area (Å²) in [5.74, 6) is -0.676. The van der Waals surface area contributed by atoms with Gasteiger partial charge in [0.2, 0.25) is 5.43 Å². The van der Waals surface area contributed by atoms with Gasteiger partial charge in [-0.2, -0.15) is 0 Å². The minimum absolute atomic E-state index is 0.118. The van der Waals surface area contributed by atoms with Crippen LogP contribution < -0.4 is 5.43 Å². The maximum Gasteiger partial charge on any atom is 0.203 e. The molecule has 0 radical (unpaired) electrons. The highest BCUT2D eigenvalue weighted by Gasteiger charge is 2.15. The Hall–Kier alpha value is -2.92. The summed E-state index contributed by atoms with van der Waals surface area (Å²) >= 11 is 1.26. The van der Waals surface area contributed by atoms with Crippen molar-refractivity contribution < 1.29 is 8.78 Å². The van der Waals surface area contributed by atoms with Crippen molar-refractivity contribution in [3.63, 3.8) is 0 Å². The van der Waals surface area contributed by atoms with E-state index in [9.17, 15) is 13.6 Å². The number of aromatic nitrogens is 1. The first-order valence-electron chi connectivity index (χ1n) is 7.96. The zero-order chi connectivity index (χ0) is 18.1. The number of aromatic amines is 1. The monoisotopic (exact) mass is 365 g/mol.